The third-order valence-corrected chi connectivity index (χ3v) is 3.98. The minimum absolute atomic E-state index is 0.149. The first-order valence-corrected chi connectivity index (χ1v) is 8.41. The third-order valence-electron chi connectivity index (χ3n) is 3.98. The highest BCUT2D eigenvalue weighted by atomic mass is 19.2. The van der Waals surface area contributed by atoms with Crippen LogP contribution in [-0.2, 0) is 0 Å². The zero-order chi connectivity index (χ0) is 23.6. The van der Waals surface area contributed by atoms with Gasteiger partial charge in [0.15, 0.2) is 23.3 Å². The topological polar surface area (TPSA) is 95.7 Å². The highest BCUT2D eigenvalue weighted by Gasteiger charge is 2.31. The maximum absolute atomic E-state index is 13.7. The Morgan fingerprint density at radius 3 is 1.62 bits per heavy atom. The summed E-state index contributed by atoms with van der Waals surface area (Å²) in [6.07, 6.45) is 0. The molecule has 3 aromatic rings. The zero-order valence-corrected chi connectivity index (χ0v) is 15.4. The van der Waals surface area contributed by atoms with Crippen LogP contribution in [0.2, 0.25) is 0 Å². The van der Waals surface area contributed by atoms with Gasteiger partial charge in [0.25, 0.3) is 5.69 Å². The number of para-hydroxylation sites is 1. The molecule has 0 saturated carbocycles. The summed E-state index contributed by atoms with van der Waals surface area (Å²) in [6, 6.07) is 9.10. The van der Waals surface area contributed by atoms with Crippen molar-refractivity contribution in [3.05, 3.63) is 98.9 Å². The SMILES string of the molecule is O=C(Oc1ccc(OC(=O)c2c(F)c(F)c(F)c(F)c2F)cc1)c1ccccc1[N+](=O)[O-]. The van der Waals surface area contributed by atoms with Crippen molar-refractivity contribution in [2.24, 2.45) is 0 Å². The molecule has 0 aromatic heterocycles. The van der Waals surface area contributed by atoms with Crippen LogP contribution in [0.15, 0.2) is 48.5 Å². The standard InChI is InChI=1S/C20H8F5NO6/c21-14-13(15(22)17(24)18(25)16(14)23)20(28)32-10-7-5-9(6-8-10)31-19(27)11-3-1-2-4-12(11)26(29)30/h1-8H. The molecule has 12 heteroatoms. The monoisotopic (exact) mass is 453 g/mol. The number of hydrogen-bond donors (Lipinski definition) is 0. The van der Waals surface area contributed by atoms with Crippen molar-refractivity contribution in [2.45, 2.75) is 0 Å². The molecule has 32 heavy (non-hydrogen) atoms. The lowest BCUT2D eigenvalue weighted by atomic mass is 10.1. The molecule has 0 aliphatic carbocycles. The number of nitro groups is 1. The first-order valence-electron chi connectivity index (χ1n) is 8.41. The van der Waals surface area contributed by atoms with E-state index in [1.54, 1.807) is 0 Å². The molecule has 0 unspecified atom stereocenters. The van der Waals surface area contributed by atoms with Crippen molar-refractivity contribution in [1.82, 2.24) is 0 Å². The molecule has 3 aromatic carbocycles. The second kappa shape index (κ2) is 8.79. The van der Waals surface area contributed by atoms with Crippen molar-refractivity contribution < 1.29 is 45.9 Å². The molecule has 0 radical (unpaired) electrons. The average molecular weight is 453 g/mol. The molecule has 0 bridgehead atoms. The van der Waals surface area contributed by atoms with E-state index in [2.05, 4.69) is 4.74 Å². The molecule has 0 aliphatic rings. The van der Waals surface area contributed by atoms with Crippen LogP contribution >= 0.6 is 0 Å². The predicted octanol–water partition coefficient (Wildman–Crippen LogP) is 4.73. The summed E-state index contributed by atoms with van der Waals surface area (Å²) in [5.41, 5.74) is -2.61. The molecule has 164 valence electrons. The number of ether oxygens (including phenoxy) is 2. The second-order valence-corrected chi connectivity index (χ2v) is 5.97. The van der Waals surface area contributed by atoms with Gasteiger partial charge in [-0.2, -0.15) is 0 Å². The van der Waals surface area contributed by atoms with Crippen LogP contribution in [0.25, 0.3) is 0 Å². The quantitative estimate of drug-likeness (QED) is 0.105. The Morgan fingerprint density at radius 1 is 0.688 bits per heavy atom. The Bertz CT molecular complexity index is 1220. The van der Waals surface area contributed by atoms with Crippen LogP contribution in [-0.4, -0.2) is 16.9 Å². The zero-order valence-electron chi connectivity index (χ0n) is 15.4. The van der Waals surface area contributed by atoms with Crippen molar-refractivity contribution >= 4 is 17.6 Å². The number of nitrogens with zero attached hydrogens (tertiary/aromatic N) is 1. The van der Waals surface area contributed by atoms with E-state index in [9.17, 15) is 41.7 Å². The van der Waals surface area contributed by atoms with Gasteiger partial charge in [-0.05, 0) is 30.3 Å². The van der Waals surface area contributed by atoms with Gasteiger partial charge in [-0.25, -0.2) is 31.5 Å². The Hall–Kier alpha value is -4.35. The Balaban J connectivity index is 1.77. The maximum atomic E-state index is 13.7. The van der Waals surface area contributed by atoms with E-state index in [-0.39, 0.29) is 17.1 Å². The maximum Gasteiger partial charge on any atom is 0.350 e. The summed E-state index contributed by atoms with van der Waals surface area (Å²) in [7, 11) is 0. The molecule has 0 aliphatic heterocycles. The summed E-state index contributed by atoms with van der Waals surface area (Å²) in [6.45, 7) is 0. The molecule has 7 nitrogen and oxygen atoms in total. The summed E-state index contributed by atoms with van der Waals surface area (Å²) >= 11 is 0. The molecule has 0 amide bonds. The van der Waals surface area contributed by atoms with E-state index < -0.39 is 57.2 Å². The molecule has 0 heterocycles. The van der Waals surface area contributed by atoms with Gasteiger partial charge in [0.05, 0.1) is 4.92 Å². The van der Waals surface area contributed by atoms with Crippen LogP contribution in [0.1, 0.15) is 20.7 Å². The highest BCUT2D eigenvalue weighted by molar-refractivity contribution is 5.95. The number of nitro benzene ring substituents is 1. The van der Waals surface area contributed by atoms with Crippen LogP contribution < -0.4 is 9.47 Å². The van der Waals surface area contributed by atoms with E-state index in [1.807, 2.05) is 0 Å². The van der Waals surface area contributed by atoms with Gasteiger partial charge in [0.1, 0.15) is 22.6 Å². The summed E-state index contributed by atoms with van der Waals surface area (Å²) < 4.78 is 76.5. The van der Waals surface area contributed by atoms with Gasteiger partial charge in [-0.3, -0.25) is 10.1 Å². The predicted molar refractivity (Wildman–Crippen MR) is 95.7 cm³/mol. The van der Waals surface area contributed by atoms with Crippen molar-refractivity contribution in [3.63, 3.8) is 0 Å². The smallest absolute Gasteiger partial charge is 0.350 e. The van der Waals surface area contributed by atoms with E-state index in [0.29, 0.717) is 0 Å². The van der Waals surface area contributed by atoms with Gasteiger partial charge >= 0.3 is 11.9 Å². The van der Waals surface area contributed by atoms with Gasteiger partial charge in [-0.1, -0.05) is 12.1 Å². The van der Waals surface area contributed by atoms with Crippen molar-refractivity contribution in [1.29, 1.82) is 0 Å². The van der Waals surface area contributed by atoms with E-state index >= 15 is 0 Å². The Kier molecular flexibility index (Phi) is 6.14. The lowest BCUT2D eigenvalue weighted by molar-refractivity contribution is -0.385. The highest BCUT2D eigenvalue weighted by Crippen LogP contribution is 2.26. The summed E-state index contributed by atoms with van der Waals surface area (Å²) in [4.78, 5) is 34.3. The fourth-order valence-corrected chi connectivity index (χ4v) is 2.49. The number of benzene rings is 3. The first kappa shape index (κ1) is 22.3. The Morgan fingerprint density at radius 2 is 1.12 bits per heavy atom. The fraction of sp³-hybridized carbons (Fsp3) is 0. The number of carbonyl (C=O) groups is 2. The third kappa shape index (κ3) is 4.24. The second-order valence-electron chi connectivity index (χ2n) is 5.97. The number of rotatable bonds is 5. The normalized spacial score (nSPS) is 10.5. The van der Waals surface area contributed by atoms with Gasteiger partial charge in [0, 0.05) is 6.07 Å². The van der Waals surface area contributed by atoms with Crippen LogP contribution in [0.4, 0.5) is 27.6 Å². The van der Waals surface area contributed by atoms with Crippen LogP contribution in [0, 0.1) is 39.2 Å². The minimum Gasteiger partial charge on any atom is -0.423 e. The lowest BCUT2D eigenvalue weighted by Gasteiger charge is -2.09. The molecule has 3 rings (SSSR count). The van der Waals surface area contributed by atoms with E-state index in [4.69, 9.17) is 4.74 Å². The van der Waals surface area contributed by atoms with E-state index in [1.165, 1.54) is 18.2 Å². The average Bonchev–Trinajstić information content (AvgIpc) is 2.77. The van der Waals surface area contributed by atoms with E-state index in [0.717, 1.165) is 30.3 Å². The number of carbonyl (C=O) groups excluding carboxylic acids is 2. The number of hydrogen-bond acceptors (Lipinski definition) is 6. The van der Waals surface area contributed by atoms with Crippen LogP contribution in [0.5, 0.6) is 11.5 Å². The first-order chi connectivity index (χ1) is 15.1. The molecular weight excluding hydrogens is 445 g/mol. The van der Waals surface area contributed by atoms with Crippen molar-refractivity contribution in [2.75, 3.05) is 0 Å². The molecule has 0 N–H and O–H groups in total. The molecule has 0 atom stereocenters. The summed E-state index contributed by atoms with van der Waals surface area (Å²) in [5, 5.41) is 11.0. The molecular formula is C20H8F5NO6. The molecule has 0 spiro atoms. The van der Waals surface area contributed by atoms with Gasteiger partial charge in [0.2, 0.25) is 5.82 Å². The largest absolute Gasteiger partial charge is 0.423 e. The minimum atomic E-state index is -2.43. The number of esters is 2. The molecule has 0 fully saturated rings. The van der Waals surface area contributed by atoms with Gasteiger partial charge < -0.3 is 9.47 Å². The van der Waals surface area contributed by atoms with Crippen LogP contribution in [0.3, 0.4) is 0 Å². The number of halogens is 5. The Labute approximate surface area is 174 Å². The lowest BCUT2D eigenvalue weighted by Crippen LogP contribution is -2.17. The summed E-state index contributed by atoms with van der Waals surface area (Å²) in [5.74, 6) is -15.2. The van der Waals surface area contributed by atoms with Crippen molar-refractivity contribution in [3.8, 4) is 11.5 Å². The van der Waals surface area contributed by atoms with Gasteiger partial charge in [-0.15, -0.1) is 0 Å². The molecule has 0 saturated heterocycles. The fourth-order valence-electron chi connectivity index (χ4n) is 2.49.